The minimum Gasteiger partial charge on any atom is -0.368 e. The van der Waals surface area contributed by atoms with Crippen LogP contribution in [0.3, 0.4) is 0 Å². The highest BCUT2D eigenvalue weighted by molar-refractivity contribution is 5.84. The Labute approximate surface area is 111 Å². The van der Waals surface area contributed by atoms with Crippen molar-refractivity contribution in [3.05, 3.63) is 0 Å². The molecule has 2 unspecified atom stereocenters. The van der Waals surface area contributed by atoms with E-state index in [1.807, 2.05) is 14.0 Å². The molecule has 1 fully saturated rings. The van der Waals surface area contributed by atoms with Gasteiger partial charge in [0, 0.05) is 12.6 Å². The molecule has 18 heavy (non-hydrogen) atoms. The lowest BCUT2D eigenvalue weighted by Gasteiger charge is -2.33. The van der Waals surface area contributed by atoms with Crippen LogP contribution in [0.5, 0.6) is 0 Å². The molecule has 1 amide bonds. The minimum absolute atomic E-state index is 0.257. The van der Waals surface area contributed by atoms with Crippen LogP contribution in [-0.4, -0.2) is 42.5 Å². The predicted octanol–water partition coefficient (Wildman–Crippen LogP) is 1.49. The van der Waals surface area contributed by atoms with Crippen LogP contribution in [0.4, 0.5) is 0 Å². The largest absolute Gasteiger partial charge is 0.368 e. The molecule has 1 aliphatic heterocycles. The SMILES string of the molecule is CCC1CCCCCN1CCC(C)(NC)C(N)=O. The van der Waals surface area contributed by atoms with E-state index in [0.717, 1.165) is 19.5 Å². The summed E-state index contributed by atoms with van der Waals surface area (Å²) in [6.07, 6.45) is 7.25. The average Bonchev–Trinajstić information content (AvgIpc) is 2.60. The van der Waals surface area contributed by atoms with Crippen molar-refractivity contribution in [1.29, 1.82) is 0 Å². The van der Waals surface area contributed by atoms with Gasteiger partial charge in [0.05, 0.1) is 5.54 Å². The lowest BCUT2D eigenvalue weighted by molar-refractivity contribution is -0.124. The first-order chi connectivity index (χ1) is 8.53. The molecule has 3 N–H and O–H groups in total. The van der Waals surface area contributed by atoms with Gasteiger partial charge in [0.15, 0.2) is 0 Å². The van der Waals surface area contributed by atoms with Crippen molar-refractivity contribution in [2.24, 2.45) is 5.73 Å². The third kappa shape index (κ3) is 3.95. The third-order valence-corrected chi connectivity index (χ3v) is 4.46. The Balaban J connectivity index is 2.56. The Kier molecular flexibility index (Phi) is 6.09. The number of carbonyl (C=O) groups excluding carboxylic acids is 1. The number of nitrogens with two attached hydrogens (primary N) is 1. The van der Waals surface area contributed by atoms with Crippen molar-refractivity contribution in [1.82, 2.24) is 10.2 Å². The Morgan fingerprint density at radius 2 is 2.17 bits per heavy atom. The van der Waals surface area contributed by atoms with Crippen molar-refractivity contribution < 1.29 is 4.79 Å². The van der Waals surface area contributed by atoms with Crippen LogP contribution >= 0.6 is 0 Å². The minimum atomic E-state index is -0.579. The first kappa shape index (κ1) is 15.4. The van der Waals surface area contributed by atoms with Gasteiger partial charge in [-0.1, -0.05) is 19.8 Å². The number of nitrogens with one attached hydrogen (secondary N) is 1. The second-order valence-electron chi connectivity index (χ2n) is 5.64. The summed E-state index contributed by atoms with van der Waals surface area (Å²) in [5.74, 6) is -0.257. The molecule has 0 aromatic carbocycles. The van der Waals surface area contributed by atoms with E-state index in [1.54, 1.807) is 0 Å². The van der Waals surface area contributed by atoms with E-state index in [0.29, 0.717) is 6.04 Å². The van der Waals surface area contributed by atoms with E-state index in [-0.39, 0.29) is 5.91 Å². The summed E-state index contributed by atoms with van der Waals surface area (Å²) in [5.41, 5.74) is 4.90. The van der Waals surface area contributed by atoms with Crippen LogP contribution in [0.1, 0.15) is 52.4 Å². The maximum Gasteiger partial charge on any atom is 0.237 e. The van der Waals surface area contributed by atoms with Crippen molar-refractivity contribution in [2.75, 3.05) is 20.1 Å². The molecule has 0 aromatic rings. The van der Waals surface area contributed by atoms with E-state index < -0.39 is 5.54 Å². The van der Waals surface area contributed by atoms with Crippen molar-refractivity contribution in [2.45, 2.75) is 64.0 Å². The van der Waals surface area contributed by atoms with E-state index in [1.165, 1.54) is 32.1 Å². The number of likely N-dealkylation sites (N-methyl/N-ethyl adjacent to an activating group) is 1. The number of hydrogen-bond acceptors (Lipinski definition) is 3. The number of likely N-dealkylation sites (tertiary alicyclic amines) is 1. The van der Waals surface area contributed by atoms with Gasteiger partial charge >= 0.3 is 0 Å². The van der Waals surface area contributed by atoms with E-state index in [2.05, 4.69) is 17.1 Å². The zero-order chi connectivity index (χ0) is 13.6. The second kappa shape index (κ2) is 7.10. The molecule has 106 valence electrons. The summed E-state index contributed by atoms with van der Waals surface area (Å²) in [6.45, 7) is 6.28. The fourth-order valence-corrected chi connectivity index (χ4v) is 2.73. The molecule has 4 heteroatoms. The van der Waals surface area contributed by atoms with Crippen LogP contribution in [0.15, 0.2) is 0 Å². The fourth-order valence-electron chi connectivity index (χ4n) is 2.73. The third-order valence-electron chi connectivity index (χ3n) is 4.46. The summed E-state index contributed by atoms with van der Waals surface area (Å²) < 4.78 is 0. The molecule has 0 aromatic heterocycles. The van der Waals surface area contributed by atoms with Crippen molar-refractivity contribution in [3.63, 3.8) is 0 Å². The molecular formula is C14H29N3O. The molecule has 1 saturated heterocycles. The van der Waals surface area contributed by atoms with Gasteiger partial charge < -0.3 is 16.0 Å². The highest BCUT2D eigenvalue weighted by Crippen LogP contribution is 2.21. The number of carbonyl (C=O) groups is 1. The van der Waals surface area contributed by atoms with Crippen LogP contribution in [-0.2, 0) is 4.79 Å². The van der Waals surface area contributed by atoms with Crippen molar-refractivity contribution in [3.8, 4) is 0 Å². The monoisotopic (exact) mass is 255 g/mol. The maximum atomic E-state index is 11.5. The number of rotatable bonds is 6. The topological polar surface area (TPSA) is 58.4 Å². The molecular weight excluding hydrogens is 226 g/mol. The fraction of sp³-hybridized carbons (Fsp3) is 0.929. The van der Waals surface area contributed by atoms with E-state index in [9.17, 15) is 4.79 Å². The zero-order valence-corrected chi connectivity index (χ0v) is 12.2. The second-order valence-corrected chi connectivity index (χ2v) is 5.64. The van der Waals surface area contributed by atoms with Gasteiger partial charge in [-0.2, -0.15) is 0 Å². The Morgan fingerprint density at radius 3 is 2.72 bits per heavy atom. The molecule has 0 bridgehead atoms. The summed E-state index contributed by atoms with van der Waals surface area (Å²) in [6, 6.07) is 0.682. The summed E-state index contributed by atoms with van der Waals surface area (Å²) in [7, 11) is 1.81. The quantitative estimate of drug-likeness (QED) is 0.756. The van der Waals surface area contributed by atoms with Gasteiger partial charge in [-0.3, -0.25) is 4.79 Å². The maximum absolute atomic E-state index is 11.5. The number of primary amides is 1. The lowest BCUT2D eigenvalue weighted by atomic mass is 9.96. The van der Waals surface area contributed by atoms with Gasteiger partial charge in [-0.05, 0) is 46.2 Å². The summed E-state index contributed by atoms with van der Waals surface area (Å²) >= 11 is 0. The zero-order valence-electron chi connectivity index (χ0n) is 12.2. The van der Waals surface area contributed by atoms with Gasteiger partial charge in [-0.25, -0.2) is 0 Å². The number of amides is 1. The molecule has 0 spiro atoms. The first-order valence-corrected chi connectivity index (χ1v) is 7.26. The smallest absolute Gasteiger partial charge is 0.237 e. The molecule has 0 radical (unpaired) electrons. The van der Waals surface area contributed by atoms with Crippen LogP contribution in [0.2, 0.25) is 0 Å². The molecule has 1 rings (SSSR count). The van der Waals surface area contributed by atoms with Gasteiger partial charge in [0.1, 0.15) is 0 Å². The lowest BCUT2D eigenvalue weighted by Crippen LogP contribution is -2.53. The van der Waals surface area contributed by atoms with Crippen LogP contribution in [0.25, 0.3) is 0 Å². The normalized spacial score (nSPS) is 25.4. The Hall–Kier alpha value is -0.610. The molecule has 0 aliphatic carbocycles. The van der Waals surface area contributed by atoms with Gasteiger partial charge in [0.25, 0.3) is 0 Å². The van der Waals surface area contributed by atoms with Crippen molar-refractivity contribution >= 4 is 5.91 Å². The molecule has 4 nitrogen and oxygen atoms in total. The summed E-state index contributed by atoms with van der Waals surface area (Å²) in [5, 5.41) is 3.06. The highest BCUT2D eigenvalue weighted by Gasteiger charge is 2.30. The van der Waals surface area contributed by atoms with Gasteiger partial charge in [0.2, 0.25) is 5.91 Å². The Morgan fingerprint density at radius 1 is 1.44 bits per heavy atom. The Bertz CT molecular complexity index is 270. The molecule has 1 heterocycles. The predicted molar refractivity (Wildman–Crippen MR) is 75.4 cm³/mol. The first-order valence-electron chi connectivity index (χ1n) is 7.26. The molecule has 0 saturated carbocycles. The molecule has 2 atom stereocenters. The standard InChI is InChI=1S/C14H29N3O/c1-4-12-8-6-5-7-10-17(12)11-9-14(2,16-3)13(15)18/h12,16H,4-11H2,1-3H3,(H2,15,18). The van der Waals surface area contributed by atoms with Gasteiger partial charge in [-0.15, -0.1) is 0 Å². The van der Waals surface area contributed by atoms with Crippen LogP contribution in [0, 0.1) is 0 Å². The average molecular weight is 255 g/mol. The van der Waals surface area contributed by atoms with E-state index >= 15 is 0 Å². The highest BCUT2D eigenvalue weighted by atomic mass is 16.1. The summed E-state index contributed by atoms with van der Waals surface area (Å²) in [4.78, 5) is 14.0. The van der Waals surface area contributed by atoms with E-state index in [4.69, 9.17) is 5.73 Å². The molecule has 1 aliphatic rings. The number of nitrogens with zero attached hydrogens (tertiary/aromatic N) is 1. The van der Waals surface area contributed by atoms with Crippen LogP contribution < -0.4 is 11.1 Å². The number of hydrogen-bond donors (Lipinski definition) is 2.